The lowest BCUT2D eigenvalue weighted by Crippen LogP contribution is -2.02. The van der Waals surface area contributed by atoms with Crippen molar-refractivity contribution in [1.82, 2.24) is 4.98 Å². The molecule has 2 aromatic carbocycles. The Labute approximate surface area is 127 Å². The maximum absolute atomic E-state index is 13.1. The Kier molecular flexibility index (Phi) is 3.37. The first-order valence-electron chi connectivity index (χ1n) is 6.87. The Morgan fingerprint density at radius 2 is 1.68 bits per heavy atom. The van der Waals surface area contributed by atoms with Crippen LogP contribution in [0.4, 0.5) is 4.39 Å². The number of hydrogen-bond acceptors (Lipinski definition) is 2. The van der Waals surface area contributed by atoms with Crippen molar-refractivity contribution >= 4 is 16.9 Å². The molecule has 0 saturated heterocycles. The fraction of sp³-hybridized carbons (Fsp3) is 0.111. The third-order valence-electron chi connectivity index (χ3n) is 3.74. The molecule has 22 heavy (non-hydrogen) atoms. The van der Waals surface area contributed by atoms with Crippen LogP contribution in [0.1, 0.15) is 21.5 Å². The van der Waals surface area contributed by atoms with Gasteiger partial charge in [-0.3, -0.25) is 0 Å². The number of benzene rings is 2. The highest BCUT2D eigenvalue weighted by Crippen LogP contribution is 2.29. The quantitative estimate of drug-likeness (QED) is 0.764. The number of carboxylic acids is 1. The molecular formula is C18H14FNO2. The Balaban J connectivity index is 2.36. The molecule has 0 saturated carbocycles. The molecule has 0 bridgehead atoms. The van der Waals surface area contributed by atoms with E-state index in [0.717, 1.165) is 11.1 Å². The first-order chi connectivity index (χ1) is 10.5. The number of pyridine rings is 1. The summed E-state index contributed by atoms with van der Waals surface area (Å²) in [5.74, 6) is -1.33. The molecule has 0 aliphatic carbocycles. The SMILES string of the molecule is Cc1ccc(C)c2c(C(=O)O)cc(-c3ccc(F)cc3)nc12. The minimum absolute atomic E-state index is 0.213. The van der Waals surface area contributed by atoms with Gasteiger partial charge in [0.1, 0.15) is 5.82 Å². The summed E-state index contributed by atoms with van der Waals surface area (Å²) in [4.78, 5) is 16.2. The average molecular weight is 295 g/mol. The van der Waals surface area contributed by atoms with Crippen LogP contribution in [-0.2, 0) is 0 Å². The number of rotatable bonds is 2. The highest BCUT2D eigenvalue weighted by molar-refractivity contribution is 6.05. The molecule has 3 nitrogen and oxygen atoms in total. The van der Waals surface area contributed by atoms with E-state index in [9.17, 15) is 14.3 Å². The summed E-state index contributed by atoms with van der Waals surface area (Å²) in [5.41, 5.74) is 3.87. The predicted octanol–water partition coefficient (Wildman–Crippen LogP) is 4.36. The molecule has 3 aromatic rings. The summed E-state index contributed by atoms with van der Waals surface area (Å²) < 4.78 is 13.1. The van der Waals surface area contributed by atoms with E-state index in [-0.39, 0.29) is 11.4 Å². The molecule has 1 aromatic heterocycles. The van der Waals surface area contributed by atoms with Crippen LogP contribution in [0, 0.1) is 19.7 Å². The maximum Gasteiger partial charge on any atom is 0.336 e. The third-order valence-corrected chi connectivity index (χ3v) is 3.74. The van der Waals surface area contributed by atoms with Crippen LogP contribution in [0.5, 0.6) is 0 Å². The summed E-state index contributed by atoms with van der Waals surface area (Å²) >= 11 is 0. The average Bonchev–Trinajstić information content (AvgIpc) is 2.50. The number of aromatic carboxylic acids is 1. The van der Waals surface area contributed by atoms with E-state index in [1.807, 2.05) is 26.0 Å². The largest absolute Gasteiger partial charge is 0.478 e. The molecular weight excluding hydrogens is 281 g/mol. The fourth-order valence-electron chi connectivity index (χ4n) is 2.58. The van der Waals surface area contributed by atoms with Gasteiger partial charge in [-0.15, -0.1) is 0 Å². The number of fused-ring (bicyclic) bond motifs is 1. The normalized spacial score (nSPS) is 10.9. The van der Waals surface area contributed by atoms with Crippen molar-refractivity contribution in [3.05, 3.63) is 65.0 Å². The molecule has 0 amide bonds. The number of nitrogens with zero attached hydrogens (tertiary/aromatic N) is 1. The second kappa shape index (κ2) is 5.22. The van der Waals surface area contributed by atoms with E-state index in [1.54, 1.807) is 18.2 Å². The Morgan fingerprint density at radius 3 is 2.32 bits per heavy atom. The van der Waals surface area contributed by atoms with Crippen molar-refractivity contribution in [2.24, 2.45) is 0 Å². The summed E-state index contributed by atoms with van der Waals surface area (Å²) in [6, 6.07) is 11.2. The standard InChI is InChI=1S/C18H14FNO2/c1-10-3-4-11(2)17-16(10)14(18(21)22)9-15(20-17)12-5-7-13(19)8-6-12/h3-9H,1-2H3,(H,21,22). The van der Waals surface area contributed by atoms with Crippen LogP contribution >= 0.6 is 0 Å². The van der Waals surface area contributed by atoms with Crippen molar-refractivity contribution in [2.75, 3.05) is 0 Å². The van der Waals surface area contributed by atoms with Crippen molar-refractivity contribution < 1.29 is 14.3 Å². The van der Waals surface area contributed by atoms with Gasteiger partial charge in [-0.05, 0) is 55.3 Å². The topological polar surface area (TPSA) is 50.2 Å². The second-order valence-corrected chi connectivity index (χ2v) is 5.29. The Morgan fingerprint density at radius 1 is 1.05 bits per heavy atom. The van der Waals surface area contributed by atoms with Gasteiger partial charge in [0.2, 0.25) is 0 Å². The molecule has 0 unspecified atom stereocenters. The zero-order valence-electron chi connectivity index (χ0n) is 12.2. The highest BCUT2D eigenvalue weighted by Gasteiger charge is 2.16. The van der Waals surface area contributed by atoms with Gasteiger partial charge in [0, 0.05) is 10.9 Å². The molecule has 0 radical (unpaired) electrons. The summed E-state index contributed by atoms with van der Waals surface area (Å²) in [6.45, 7) is 3.77. The zero-order chi connectivity index (χ0) is 15.9. The van der Waals surface area contributed by atoms with Gasteiger partial charge in [-0.1, -0.05) is 12.1 Å². The molecule has 0 spiro atoms. The Hall–Kier alpha value is -2.75. The van der Waals surface area contributed by atoms with Gasteiger partial charge >= 0.3 is 5.97 Å². The van der Waals surface area contributed by atoms with E-state index >= 15 is 0 Å². The first kappa shape index (κ1) is 14.2. The second-order valence-electron chi connectivity index (χ2n) is 5.29. The van der Waals surface area contributed by atoms with E-state index in [1.165, 1.54) is 12.1 Å². The minimum atomic E-state index is -0.996. The molecule has 0 aliphatic heterocycles. The molecule has 110 valence electrons. The highest BCUT2D eigenvalue weighted by atomic mass is 19.1. The first-order valence-corrected chi connectivity index (χ1v) is 6.87. The van der Waals surface area contributed by atoms with Crippen LogP contribution in [-0.4, -0.2) is 16.1 Å². The lowest BCUT2D eigenvalue weighted by molar-refractivity contribution is 0.0699. The van der Waals surface area contributed by atoms with Gasteiger partial charge in [0.05, 0.1) is 16.8 Å². The zero-order valence-corrected chi connectivity index (χ0v) is 12.2. The smallest absolute Gasteiger partial charge is 0.336 e. The van der Waals surface area contributed by atoms with Gasteiger partial charge in [-0.25, -0.2) is 14.2 Å². The van der Waals surface area contributed by atoms with E-state index < -0.39 is 5.97 Å². The molecule has 0 atom stereocenters. The van der Waals surface area contributed by atoms with Gasteiger partial charge in [0.25, 0.3) is 0 Å². The van der Waals surface area contributed by atoms with Crippen molar-refractivity contribution in [2.45, 2.75) is 13.8 Å². The fourth-order valence-corrected chi connectivity index (χ4v) is 2.58. The van der Waals surface area contributed by atoms with Crippen LogP contribution in [0.3, 0.4) is 0 Å². The Bertz CT molecular complexity index is 886. The van der Waals surface area contributed by atoms with Gasteiger partial charge in [-0.2, -0.15) is 0 Å². The van der Waals surface area contributed by atoms with Gasteiger partial charge < -0.3 is 5.11 Å². The summed E-state index contributed by atoms with van der Waals surface area (Å²) in [5, 5.41) is 10.2. The van der Waals surface area contributed by atoms with Crippen molar-refractivity contribution in [3.63, 3.8) is 0 Å². The molecule has 0 fully saturated rings. The number of halogens is 1. The number of carboxylic acid groups (broad SMARTS) is 1. The number of carbonyl (C=O) groups is 1. The van der Waals surface area contributed by atoms with Crippen molar-refractivity contribution in [3.8, 4) is 11.3 Å². The monoisotopic (exact) mass is 295 g/mol. The van der Waals surface area contributed by atoms with E-state index in [4.69, 9.17) is 0 Å². The number of hydrogen-bond donors (Lipinski definition) is 1. The lowest BCUT2D eigenvalue weighted by Gasteiger charge is -2.11. The molecule has 3 rings (SSSR count). The summed E-state index contributed by atoms with van der Waals surface area (Å²) in [6.07, 6.45) is 0. The third kappa shape index (κ3) is 2.33. The van der Waals surface area contributed by atoms with Gasteiger partial charge in [0.15, 0.2) is 0 Å². The van der Waals surface area contributed by atoms with Crippen LogP contribution < -0.4 is 0 Å². The minimum Gasteiger partial charge on any atom is -0.478 e. The molecule has 0 aliphatic rings. The predicted molar refractivity (Wildman–Crippen MR) is 83.6 cm³/mol. The number of aryl methyl sites for hydroxylation is 2. The van der Waals surface area contributed by atoms with Crippen LogP contribution in [0.15, 0.2) is 42.5 Å². The number of aromatic nitrogens is 1. The van der Waals surface area contributed by atoms with Crippen LogP contribution in [0.2, 0.25) is 0 Å². The molecule has 4 heteroatoms. The molecule has 1 heterocycles. The van der Waals surface area contributed by atoms with Crippen LogP contribution in [0.25, 0.3) is 22.2 Å². The summed E-state index contributed by atoms with van der Waals surface area (Å²) in [7, 11) is 0. The lowest BCUT2D eigenvalue weighted by atomic mass is 9.98. The van der Waals surface area contributed by atoms with Crippen molar-refractivity contribution in [1.29, 1.82) is 0 Å². The van der Waals surface area contributed by atoms with E-state index in [2.05, 4.69) is 4.98 Å². The molecule has 1 N–H and O–H groups in total. The van der Waals surface area contributed by atoms with E-state index in [0.29, 0.717) is 22.2 Å². The maximum atomic E-state index is 13.1.